The van der Waals surface area contributed by atoms with Gasteiger partial charge < -0.3 is 4.57 Å². The number of nitrogens with zero attached hydrogens (tertiary/aromatic N) is 3. The molecule has 0 radical (unpaired) electrons. The van der Waals surface area contributed by atoms with E-state index in [1.165, 1.54) is 65.3 Å². The van der Waals surface area contributed by atoms with Crippen molar-refractivity contribution in [2.75, 3.05) is 6.54 Å². The number of hydrogen-bond donors (Lipinski definition) is 0. The van der Waals surface area contributed by atoms with E-state index in [-0.39, 0.29) is 5.56 Å². The summed E-state index contributed by atoms with van der Waals surface area (Å²) in [6, 6.07) is 7.66. The first kappa shape index (κ1) is 23.7. The molecule has 1 aliphatic carbocycles. The largest absolute Gasteiger partial charge is 0.302 e. The van der Waals surface area contributed by atoms with Crippen LogP contribution in [0.15, 0.2) is 35.6 Å². The van der Waals surface area contributed by atoms with E-state index in [0.29, 0.717) is 18.5 Å². The molecular formula is C32H39N3O. The lowest BCUT2D eigenvalue weighted by Crippen LogP contribution is -2.37. The minimum atomic E-state index is 0.167. The Hall–Kier alpha value is -2.72. The molecule has 0 amide bonds. The second-order valence-electron chi connectivity index (χ2n) is 11.6. The number of rotatable bonds is 6. The number of benzene rings is 1. The Labute approximate surface area is 215 Å². The van der Waals surface area contributed by atoms with Crippen molar-refractivity contribution in [3.63, 3.8) is 0 Å². The third kappa shape index (κ3) is 3.85. The van der Waals surface area contributed by atoms with Crippen molar-refractivity contribution in [1.29, 1.82) is 0 Å². The normalized spacial score (nSPS) is 19.1. The van der Waals surface area contributed by atoms with Crippen molar-refractivity contribution in [2.24, 2.45) is 0 Å². The Morgan fingerprint density at radius 1 is 1.11 bits per heavy atom. The number of hydrogen-bond acceptors (Lipinski definition) is 3. The Morgan fingerprint density at radius 2 is 1.92 bits per heavy atom. The number of likely N-dealkylation sites (tertiary alicyclic amines) is 1. The van der Waals surface area contributed by atoms with E-state index in [1.807, 2.05) is 10.6 Å². The van der Waals surface area contributed by atoms with Gasteiger partial charge in [0.1, 0.15) is 0 Å². The number of pyridine rings is 2. The first-order valence-corrected chi connectivity index (χ1v) is 14.1. The highest BCUT2D eigenvalue weighted by molar-refractivity contribution is 5.89. The third-order valence-corrected chi connectivity index (χ3v) is 8.93. The summed E-state index contributed by atoms with van der Waals surface area (Å²) >= 11 is 0. The van der Waals surface area contributed by atoms with Crippen LogP contribution in [0.2, 0.25) is 0 Å². The average Bonchev–Trinajstić information content (AvgIpc) is 3.47. The molecule has 0 saturated carbocycles. The summed E-state index contributed by atoms with van der Waals surface area (Å²) in [6.45, 7) is 13.4. The molecule has 2 aromatic heterocycles. The zero-order valence-corrected chi connectivity index (χ0v) is 22.2. The lowest BCUT2D eigenvalue weighted by Gasteiger charge is -2.34. The summed E-state index contributed by atoms with van der Waals surface area (Å²) in [5.74, 6) is 0.296. The number of fused-ring (bicyclic) bond motifs is 5. The quantitative estimate of drug-likeness (QED) is 0.294. The molecule has 1 aromatic carbocycles. The molecule has 6 rings (SSSR count). The third-order valence-electron chi connectivity index (χ3n) is 8.93. The van der Waals surface area contributed by atoms with Crippen LogP contribution in [0.1, 0.15) is 92.2 Å². The standard InChI is InChI=1S/C32H39N3O/c1-5-6-13-24-25(20(2)3)17-30-31-28(19-35(30)32(24)36)27(18-34-14-8-7-10-21(34)4)26-15-22-11-9-12-23(22)16-29(26)33-31/h5,15-17,20-21H,1,6-14,18-19H2,2-4H3. The van der Waals surface area contributed by atoms with Crippen molar-refractivity contribution >= 4 is 10.9 Å². The fourth-order valence-electron chi connectivity index (χ4n) is 6.83. The zero-order valence-electron chi connectivity index (χ0n) is 22.2. The lowest BCUT2D eigenvalue weighted by molar-refractivity contribution is 0.153. The molecule has 3 aliphatic rings. The molecule has 1 saturated heterocycles. The molecule has 1 unspecified atom stereocenters. The van der Waals surface area contributed by atoms with E-state index < -0.39 is 0 Å². The van der Waals surface area contributed by atoms with Crippen molar-refractivity contribution in [3.8, 4) is 11.4 Å². The van der Waals surface area contributed by atoms with E-state index in [4.69, 9.17) is 4.98 Å². The number of piperidine rings is 1. The second-order valence-corrected chi connectivity index (χ2v) is 11.6. The molecule has 188 valence electrons. The van der Waals surface area contributed by atoms with Crippen LogP contribution in [0, 0.1) is 0 Å². The van der Waals surface area contributed by atoms with Gasteiger partial charge in [-0.05, 0) is 105 Å². The van der Waals surface area contributed by atoms with Crippen molar-refractivity contribution in [3.05, 3.63) is 74.6 Å². The summed E-state index contributed by atoms with van der Waals surface area (Å²) in [5, 5.41) is 1.31. The first-order valence-electron chi connectivity index (χ1n) is 14.1. The zero-order chi connectivity index (χ0) is 25.0. The predicted octanol–water partition coefficient (Wildman–Crippen LogP) is 6.53. The summed E-state index contributed by atoms with van der Waals surface area (Å²) in [7, 11) is 0. The number of allylic oxidation sites excluding steroid dienone is 1. The van der Waals surface area contributed by atoms with Crippen LogP contribution >= 0.6 is 0 Å². The minimum Gasteiger partial charge on any atom is -0.302 e. The maximum atomic E-state index is 13.9. The van der Waals surface area contributed by atoms with E-state index in [0.717, 1.165) is 54.8 Å². The van der Waals surface area contributed by atoms with Crippen LogP contribution in [0.3, 0.4) is 0 Å². The summed E-state index contributed by atoms with van der Waals surface area (Å²) in [5.41, 5.74) is 11.1. The number of aromatic nitrogens is 2. The fourth-order valence-corrected chi connectivity index (χ4v) is 6.83. The summed E-state index contributed by atoms with van der Waals surface area (Å²) in [6.07, 6.45) is 10.9. The molecule has 4 heterocycles. The molecule has 4 nitrogen and oxygen atoms in total. The Kier molecular flexibility index (Phi) is 6.11. The van der Waals surface area contributed by atoms with Gasteiger partial charge in [0.15, 0.2) is 0 Å². The van der Waals surface area contributed by atoms with E-state index in [2.05, 4.69) is 50.4 Å². The molecule has 0 spiro atoms. The topological polar surface area (TPSA) is 38.1 Å². The molecule has 36 heavy (non-hydrogen) atoms. The molecule has 0 bridgehead atoms. The lowest BCUT2D eigenvalue weighted by atomic mass is 9.93. The smallest absolute Gasteiger partial charge is 0.254 e. The second kappa shape index (κ2) is 9.30. The van der Waals surface area contributed by atoms with Crippen LogP contribution in [-0.2, 0) is 32.4 Å². The van der Waals surface area contributed by atoms with Crippen molar-refractivity contribution in [1.82, 2.24) is 14.5 Å². The van der Waals surface area contributed by atoms with Crippen LogP contribution in [0.25, 0.3) is 22.3 Å². The SMILES string of the molecule is C=CCCc1c(C(C)C)cc2n(c1=O)Cc1c-2nc2cc3c(cc2c1CN1CCCCC1C)CCC3. The molecule has 0 N–H and O–H groups in total. The van der Waals surface area contributed by atoms with Crippen molar-refractivity contribution in [2.45, 2.75) is 97.2 Å². The molecule has 3 aromatic rings. The maximum Gasteiger partial charge on any atom is 0.254 e. The van der Waals surface area contributed by atoms with Gasteiger partial charge in [-0.25, -0.2) is 4.98 Å². The van der Waals surface area contributed by atoms with Gasteiger partial charge in [0.05, 0.1) is 23.4 Å². The van der Waals surface area contributed by atoms with E-state index in [1.54, 1.807) is 0 Å². The van der Waals surface area contributed by atoms with E-state index >= 15 is 0 Å². The molecule has 4 heteroatoms. The van der Waals surface area contributed by atoms with Gasteiger partial charge in [0.2, 0.25) is 0 Å². The van der Waals surface area contributed by atoms with Gasteiger partial charge in [0, 0.05) is 29.1 Å². The Balaban J connectivity index is 1.56. The Morgan fingerprint density at radius 3 is 2.67 bits per heavy atom. The molecular weight excluding hydrogens is 442 g/mol. The monoisotopic (exact) mass is 481 g/mol. The van der Waals surface area contributed by atoms with Crippen LogP contribution < -0.4 is 5.56 Å². The Bertz CT molecular complexity index is 1410. The summed E-state index contributed by atoms with van der Waals surface area (Å²) in [4.78, 5) is 21.8. The average molecular weight is 482 g/mol. The van der Waals surface area contributed by atoms with E-state index in [9.17, 15) is 4.79 Å². The van der Waals surface area contributed by atoms with Crippen LogP contribution in [-0.4, -0.2) is 27.0 Å². The minimum absolute atomic E-state index is 0.167. The number of aryl methyl sites for hydroxylation is 2. The first-order chi connectivity index (χ1) is 17.5. The highest BCUT2D eigenvalue weighted by Crippen LogP contribution is 2.40. The molecule has 1 atom stereocenters. The van der Waals surface area contributed by atoms with Crippen LogP contribution in [0.5, 0.6) is 0 Å². The molecule has 1 fully saturated rings. The summed E-state index contributed by atoms with van der Waals surface area (Å²) < 4.78 is 2.01. The highest BCUT2D eigenvalue weighted by atomic mass is 16.1. The van der Waals surface area contributed by atoms with Gasteiger partial charge in [-0.3, -0.25) is 9.69 Å². The molecule has 2 aliphatic heterocycles. The predicted molar refractivity (Wildman–Crippen MR) is 149 cm³/mol. The van der Waals surface area contributed by atoms with Gasteiger partial charge in [0.25, 0.3) is 5.56 Å². The van der Waals surface area contributed by atoms with Gasteiger partial charge in [-0.1, -0.05) is 26.3 Å². The van der Waals surface area contributed by atoms with Crippen LogP contribution in [0.4, 0.5) is 0 Å². The van der Waals surface area contributed by atoms with Gasteiger partial charge in [-0.2, -0.15) is 0 Å². The van der Waals surface area contributed by atoms with Gasteiger partial charge >= 0.3 is 0 Å². The van der Waals surface area contributed by atoms with Gasteiger partial charge in [-0.15, -0.1) is 6.58 Å². The fraction of sp³-hybridized carbons (Fsp3) is 0.500. The highest BCUT2D eigenvalue weighted by Gasteiger charge is 2.30. The van der Waals surface area contributed by atoms with Crippen molar-refractivity contribution < 1.29 is 0 Å². The maximum absolute atomic E-state index is 13.9.